The Kier molecular flexibility index (Phi) is 6.15. The van der Waals surface area contributed by atoms with Crippen LogP contribution in [0.15, 0.2) is 85.1 Å². The maximum Gasteiger partial charge on any atom is 0.218 e. The second kappa shape index (κ2) is 8.74. The molecule has 0 bridgehead atoms. The van der Waals surface area contributed by atoms with E-state index in [2.05, 4.69) is 4.98 Å². The second-order valence-electron chi connectivity index (χ2n) is 6.13. The van der Waals surface area contributed by atoms with Crippen molar-refractivity contribution in [2.75, 3.05) is 6.54 Å². The van der Waals surface area contributed by atoms with E-state index in [1.807, 2.05) is 78.9 Å². The summed E-state index contributed by atoms with van der Waals surface area (Å²) >= 11 is 0. The molecule has 0 aliphatic heterocycles. The first-order valence-corrected chi connectivity index (χ1v) is 10.2. The molecule has 0 N–H and O–H groups in total. The SMILES string of the molecule is O=S(=O)(Cc1ccccc1)N(CCc1ccccc1)Cc1ccccn1. The van der Waals surface area contributed by atoms with Crippen LogP contribution in [0, 0.1) is 0 Å². The van der Waals surface area contributed by atoms with Crippen LogP contribution in [-0.4, -0.2) is 24.3 Å². The third kappa shape index (κ3) is 5.25. The first-order valence-electron chi connectivity index (χ1n) is 8.59. The van der Waals surface area contributed by atoms with Gasteiger partial charge in [-0.3, -0.25) is 4.98 Å². The van der Waals surface area contributed by atoms with Crippen molar-refractivity contribution in [3.63, 3.8) is 0 Å². The molecule has 0 aliphatic rings. The van der Waals surface area contributed by atoms with E-state index in [9.17, 15) is 8.42 Å². The Morgan fingerprint density at radius 1 is 0.769 bits per heavy atom. The fourth-order valence-electron chi connectivity index (χ4n) is 2.76. The Hall–Kier alpha value is -2.50. The molecular weight excluding hydrogens is 344 g/mol. The summed E-state index contributed by atoms with van der Waals surface area (Å²) in [4.78, 5) is 4.29. The van der Waals surface area contributed by atoms with Crippen LogP contribution in [0.3, 0.4) is 0 Å². The topological polar surface area (TPSA) is 50.3 Å². The molecule has 0 amide bonds. The predicted octanol–water partition coefficient (Wildman–Crippen LogP) is 3.66. The van der Waals surface area contributed by atoms with Gasteiger partial charge in [-0.05, 0) is 29.7 Å². The monoisotopic (exact) mass is 366 g/mol. The lowest BCUT2D eigenvalue weighted by atomic mass is 10.1. The largest absolute Gasteiger partial charge is 0.260 e. The highest BCUT2D eigenvalue weighted by atomic mass is 32.2. The molecular formula is C21H22N2O2S. The standard InChI is InChI=1S/C21H22N2O2S/c24-26(25,18-20-11-5-2-6-12-20)23(17-21-13-7-8-15-22-21)16-14-19-9-3-1-4-10-19/h1-13,15H,14,16-18H2. The molecule has 4 nitrogen and oxygen atoms in total. The number of hydrogen-bond acceptors (Lipinski definition) is 3. The summed E-state index contributed by atoms with van der Waals surface area (Å²) in [5, 5.41) is 0. The highest BCUT2D eigenvalue weighted by Gasteiger charge is 2.23. The molecule has 26 heavy (non-hydrogen) atoms. The summed E-state index contributed by atoms with van der Waals surface area (Å²) in [5.41, 5.74) is 2.66. The van der Waals surface area contributed by atoms with Crippen LogP contribution in [0.4, 0.5) is 0 Å². The zero-order chi connectivity index (χ0) is 18.2. The second-order valence-corrected chi connectivity index (χ2v) is 8.10. The third-order valence-electron chi connectivity index (χ3n) is 4.14. The van der Waals surface area contributed by atoms with Gasteiger partial charge in [0.1, 0.15) is 0 Å². The zero-order valence-electron chi connectivity index (χ0n) is 14.5. The maximum atomic E-state index is 13.0. The first kappa shape index (κ1) is 18.3. The number of benzene rings is 2. The minimum atomic E-state index is -3.45. The molecule has 0 radical (unpaired) electrons. The zero-order valence-corrected chi connectivity index (χ0v) is 15.3. The Morgan fingerprint density at radius 3 is 2.00 bits per heavy atom. The van der Waals surface area contributed by atoms with Crippen LogP contribution in [-0.2, 0) is 28.7 Å². The van der Waals surface area contributed by atoms with Gasteiger partial charge in [0.2, 0.25) is 10.0 Å². The molecule has 0 fully saturated rings. The average molecular weight is 366 g/mol. The first-order chi connectivity index (χ1) is 12.6. The summed E-state index contributed by atoms with van der Waals surface area (Å²) in [7, 11) is -3.45. The van der Waals surface area contributed by atoms with E-state index >= 15 is 0 Å². The molecule has 0 atom stereocenters. The van der Waals surface area contributed by atoms with Crippen molar-refractivity contribution in [2.24, 2.45) is 0 Å². The normalized spacial score (nSPS) is 11.6. The number of sulfonamides is 1. The quantitative estimate of drug-likeness (QED) is 0.611. The van der Waals surface area contributed by atoms with Crippen molar-refractivity contribution >= 4 is 10.0 Å². The minimum Gasteiger partial charge on any atom is -0.260 e. The fourth-order valence-corrected chi connectivity index (χ4v) is 4.26. The molecule has 2 aromatic carbocycles. The molecule has 0 saturated heterocycles. The molecule has 5 heteroatoms. The summed E-state index contributed by atoms with van der Waals surface area (Å²) in [5.74, 6) is -0.00450. The number of hydrogen-bond donors (Lipinski definition) is 0. The highest BCUT2D eigenvalue weighted by Crippen LogP contribution is 2.15. The Labute approximate surface area is 155 Å². The van der Waals surface area contributed by atoms with Crippen LogP contribution in [0.5, 0.6) is 0 Å². The van der Waals surface area contributed by atoms with Gasteiger partial charge >= 0.3 is 0 Å². The van der Waals surface area contributed by atoms with Gasteiger partial charge in [0.05, 0.1) is 18.0 Å². The van der Waals surface area contributed by atoms with Gasteiger partial charge in [-0.25, -0.2) is 8.42 Å². The van der Waals surface area contributed by atoms with Crippen molar-refractivity contribution in [3.05, 3.63) is 102 Å². The molecule has 0 saturated carbocycles. The van der Waals surface area contributed by atoms with Crippen LogP contribution >= 0.6 is 0 Å². The maximum absolute atomic E-state index is 13.0. The Balaban J connectivity index is 1.79. The van der Waals surface area contributed by atoms with Gasteiger partial charge in [0, 0.05) is 12.7 Å². The fraction of sp³-hybridized carbons (Fsp3) is 0.190. The van der Waals surface area contributed by atoms with E-state index in [1.54, 1.807) is 6.20 Å². The van der Waals surface area contributed by atoms with Gasteiger partial charge in [0.25, 0.3) is 0 Å². The van der Waals surface area contributed by atoms with Gasteiger partial charge in [-0.2, -0.15) is 4.31 Å². The average Bonchev–Trinajstić information content (AvgIpc) is 2.67. The lowest BCUT2D eigenvalue weighted by Crippen LogP contribution is -2.33. The summed E-state index contributed by atoms with van der Waals surface area (Å²) in [6.07, 6.45) is 2.36. The van der Waals surface area contributed by atoms with E-state index in [0.29, 0.717) is 13.0 Å². The van der Waals surface area contributed by atoms with E-state index in [-0.39, 0.29) is 12.3 Å². The third-order valence-corrected chi connectivity index (χ3v) is 5.94. The van der Waals surface area contributed by atoms with Gasteiger partial charge < -0.3 is 0 Å². The van der Waals surface area contributed by atoms with E-state index < -0.39 is 10.0 Å². The van der Waals surface area contributed by atoms with Crippen molar-refractivity contribution in [3.8, 4) is 0 Å². The Bertz CT molecular complexity index is 899. The van der Waals surface area contributed by atoms with Crippen molar-refractivity contribution < 1.29 is 8.42 Å². The van der Waals surface area contributed by atoms with Gasteiger partial charge in [-0.15, -0.1) is 0 Å². The highest BCUT2D eigenvalue weighted by molar-refractivity contribution is 7.88. The summed E-state index contributed by atoms with van der Waals surface area (Å²) in [6, 6.07) is 24.8. The molecule has 0 aliphatic carbocycles. The molecule has 1 heterocycles. The number of pyridine rings is 1. The van der Waals surface area contributed by atoms with Crippen LogP contribution < -0.4 is 0 Å². The smallest absolute Gasteiger partial charge is 0.218 e. The molecule has 3 rings (SSSR count). The van der Waals surface area contributed by atoms with Crippen LogP contribution in [0.25, 0.3) is 0 Å². The summed E-state index contributed by atoms with van der Waals surface area (Å²) < 4.78 is 27.6. The minimum absolute atomic E-state index is 0.00450. The van der Waals surface area contributed by atoms with Crippen LogP contribution in [0.2, 0.25) is 0 Å². The van der Waals surface area contributed by atoms with Gasteiger partial charge in [0.15, 0.2) is 0 Å². The molecule has 0 spiro atoms. The predicted molar refractivity (Wildman–Crippen MR) is 104 cm³/mol. The molecule has 134 valence electrons. The van der Waals surface area contributed by atoms with Crippen molar-refractivity contribution in [1.82, 2.24) is 9.29 Å². The summed E-state index contributed by atoms with van der Waals surface area (Å²) in [6.45, 7) is 0.707. The van der Waals surface area contributed by atoms with E-state index in [1.165, 1.54) is 4.31 Å². The number of nitrogens with zero attached hydrogens (tertiary/aromatic N) is 2. The lowest BCUT2D eigenvalue weighted by Gasteiger charge is -2.22. The molecule has 1 aromatic heterocycles. The van der Waals surface area contributed by atoms with E-state index in [0.717, 1.165) is 16.8 Å². The lowest BCUT2D eigenvalue weighted by molar-refractivity contribution is 0.404. The van der Waals surface area contributed by atoms with Crippen molar-refractivity contribution in [2.45, 2.75) is 18.7 Å². The van der Waals surface area contributed by atoms with Crippen LogP contribution in [0.1, 0.15) is 16.8 Å². The molecule has 0 unspecified atom stereocenters. The Morgan fingerprint density at radius 2 is 1.38 bits per heavy atom. The van der Waals surface area contributed by atoms with Gasteiger partial charge in [-0.1, -0.05) is 66.7 Å². The number of rotatable bonds is 8. The van der Waals surface area contributed by atoms with E-state index in [4.69, 9.17) is 0 Å². The molecule has 3 aromatic rings. The number of aromatic nitrogens is 1. The van der Waals surface area contributed by atoms with Crippen molar-refractivity contribution in [1.29, 1.82) is 0 Å².